The van der Waals surface area contributed by atoms with E-state index in [4.69, 9.17) is 0 Å². The second kappa shape index (κ2) is 6.92. The number of nitrogens with one attached hydrogen (secondary N) is 1. The van der Waals surface area contributed by atoms with E-state index >= 15 is 0 Å². The van der Waals surface area contributed by atoms with Gasteiger partial charge in [-0.2, -0.15) is 0 Å². The average Bonchev–Trinajstić information content (AvgIpc) is 3.05. The lowest BCUT2D eigenvalue weighted by molar-refractivity contribution is 0.610. The van der Waals surface area contributed by atoms with Crippen LogP contribution in [-0.4, -0.2) is 6.54 Å². The molecule has 1 N–H and O–H groups in total. The summed E-state index contributed by atoms with van der Waals surface area (Å²) in [6.45, 7) is 3.22. The van der Waals surface area contributed by atoms with Crippen LogP contribution < -0.4 is 5.32 Å². The first-order chi connectivity index (χ1) is 10.2. The van der Waals surface area contributed by atoms with Gasteiger partial charge in [-0.15, -0.1) is 22.7 Å². The van der Waals surface area contributed by atoms with Gasteiger partial charge in [-0.3, -0.25) is 0 Å². The van der Waals surface area contributed by atoms with Gasteiger partial charge in [0.15, 0.2) is 0 Å². The molecule has 3 aromatic rings. The second-order valence-corrected chi connectivity index (χ2v) is 9.01. The van der Waals surface area contributed by atoms with Crippen molar-refractivity contribution in [2.75, 3.05) is 6.54 Å². The van der Waals surface area contributed by atoms with Crippen molar-refractivity contribution in [3.63, 3.8) is 0 Å². The van der Waals surface area contributed by atoms with Gasteiger partial charge in [-0.25, -0.2) is 0 Å². The standard InChI is InChI=1S/C16H15Br2NS2/c1-2-7-19-15(14-8-12(17)16(18)21-14)11-9-20-13-6-4-3-5-10(11)13/h3-6,8-9,15,19H,2,7H2,1H3. The Hall–Kier alpha value is -0.200. The van der Waals surface area contributed by atoms with Crippen LogP contribution in [0, 0.1) is 0 Å². The predicted molar refractivity (Wildman–Crippen MR) is 102 cm³/mol. The van der Waals surface area contributed by atoms with E-state index in [-0.39, 0.29) is 6.04 Å². The Kier molecular flexibility index (Phi) is 5.17. The lowest BCUT2D eigenvalue weighted by atomic mass is 10.0. The topological polar surface area (TPSA) is 12.0 Å². The number of fused-ring (bicyclic) bond motifs is 1. The Morgan fingerprint density at radius 2 is 2.05 bits per heavy atom. The van der Waals surface area contributed by atoms with Crippen LogP contribution in [0.2, 0.25) is 0 Å². The maximum absolute atomic E-state index is 3.70. The molecular weight excluding hydrogens is 430 g/mol. The summed E-state index contributed by atoms with van der Waals surface area (Å²) in [7, 11) is 0. The van der Waals surface area contributed by atoms with Crippen LogP contribution >= 0.6 is 54.5 Å². The fourth-order valence-electron chi connectivity index (χ4n) is 2.38. The summed E-state index contributed by atoms with van der Waals surface area (Å²) >= 11 is 10.8. The molecule has 1 atom stereocenters. The van der Waals surface area contributed by atoms with Gasteiger partial charge in [0.2, 0.25) is 0 Å². The van der Waals surface area contributed by atoms with Crippen LogP contribution in [0.1, 0.15) is 29.8 Å². The van der Waals surface area contributed by atoms with Crippen LogP contribution in [0.3, 0.4) is 0 Å². The largest absolute Gasteiger partial charge is 0.306 e. The third kappa shape index (κ3) is 3.27. The number of hydrogen-bond donors (Lipinski definition) is 1. The average molecular weight is 445 g/mol. The molecule has 1 nitrogen and oxygen atoms in total. The molecule has 5 heteroatoms. The first-order valence-electron chi connectivity index (χ1n) is 6.85. The van der Waals surface area contributed by atoms with Gasteiger partial charge in [0, 0.05) is 14.0 Å². The summed E-state index contributed by atoms with van der Waals surface area (Å²) in [6, 6.07) is 11.1. The molecule has 0 radical (unpaired) electrons. The minimum absolute atomic E-state index is 0.258. The molecule has 0 amide bonds. The molecule has 0 aliphatic rings. The molecule has 0 fully saturated rings. The normalized spacial score (nSPS) is 12.9. The molecule has 21 heavy (non-hydrogen) atoms. The summed E-state index contributed by atoms with van der Waals surface area (Å²) in [5.74, 6) is 0. The highest BCUT2D eigenvalue weighted by atomic mass is 79.9. The lowest BCUT2D eigenvalue weighted by Crippen LogP contribution is -2.22. The fourth-order valence-corrected chi connectivity index (χ4v) is 5.55. The first kappa shape index (κ1) is 15.7. The zero-order valence-electron chi connectivity index (χ0n) is 11.5. The Bertz CT molecular complexity index is 728. The van der Waals surface area contributed by atoms with E-state index in [9.17, 15) is 0 Å². The molecule has 110 valence electrons. The van der Waals surface area contributed by atoms with Gasteiger partial charge in [-0.05, 0) is 73.3 Å². The van der Waals surface area contributed by atoms with Crippen molar-refractivity contribution >= 4 is 64.6 Å². The van der Waals surface area contributed by atoms with Gasteiger partial charge in [-0.1, -0.05) is 25.1 Å². The third-order valence-electron chi connectivity index (χ3n) is 3.37. The van der Waals surface area contributed by atoms with Crippen molar-refractivity contribution in [1.29, 1.82) is 0 Å². The molecule has 2 heterocycles. The molecule has 2 aromatic heterocycles. The maximum Gasteiger partial charge on any atom is 0.0843 e. The summed E-state index contributed by atoms with van der Waals surface area (Å²) in [4.78, 5) is 1.34. The van der Waals surface area contributed by atoms with Crippen molar-refractivity contribution in [3.8, 4) is 0 Å². The number of thiophene rings is 2. The molecular formula is C16H15Br2NS2. The molecule has 0 aliphatic carbocycles. The highest BCUT2D eigenvalue weighted by Gasteiger charge is 2.20. The molecule has 0 spiro atoms. The monoisotopic (exact) mass is 443 g/mol. The van der Waals surface area contributed by atoms with E-state index in [2.05, 4.69) is 79.8 Å². The van der Waals surface area contributed by atoms with Crippen molar-refractivity contribution in [1.82, 2.24) is 5.32 Å². The molecule has 0 aliphatic heterocycles. The lowest BCUT2D eigenvalue weighted by Gasteiger charge is -2.17. The summed E-state index contributed by atoms with van der Waals surface area (Å²) in [5.41, 5.74) is 1.38. The zero-order chi connectivity index (χ0) is 14.8. The van der Waals surface area contributed by atoms with Crippen molar-refractivity contribution in [3.05, 3.63) is 54.4 Å². The molecule has 3 rings (SSSR count). The van der Waals surface area contributed by atoms with E-state index in [1.165, 1.54) is 20.5 Å². The number of halogens is 2. The fraction of sp³-hybridized carbons (Fsp3) is 0.250. The minimum Gasteiger partial charge on any atom is -0.306 e. The Morgan fingerprint density at radius 1 is 1.24 bits per heavy atom. The molecule has 0 saturated heterocycles. The van der Waals surface area contributed by atoms with Crippen molar-refractivity contribution in [2.24, 2.45) is 0 Å². The number of rotatable bonds is 5. The van der Waals surface area contributed by atoms with Gasteiger partial charge >= 0.3 is 0 Å². The van der Waals surface area contributed by atoms with Crippen molar-refractivity contribution in [2.45, 2.75) is 19.4 Å². The highest BCUT2D eigenvalue weighted by Crippen LogP contribution is 2.40. The van der Waals surface area contributed by atoms with E-state index < -0.39 is 0 Å². The van der Waals surface area contributed by atoms with E-state index in [0.717, 1.165) is 21.2 Å². The van der Waals surface area contributed by atoms with Crippen LogP contribution in [-0.2, 0) is 0 Å². The molecule has 0 saturated carbocycles. The molecule has 0 bridgehead atoms. The Morgan fingerprint density at radius 3 is 2.76 bits per heavy atom. The predicted octanol–water partition coefficient (Wildman–Crippen LogP) is 6.58. The SMILES string of the molecule is CCCNC(c1cc(Br)c(Br)s1)c1csc2ccccc12. The smallest absolute Gasteiger partial charge is 0.0843 e. The van der Waals surface area contributed by atoms with Crippen LogP contribution in [0.15, 0.2) is 44.0 Å². The summed E-state index contributed by atoms with van der Waals surface area (Å²) in [5, 5.41) is 7.35. The van der Waals surface area contributed by atoms with E-state index in [1.54, 1.807) is 11.3 Å². The second-order valence-electron chi connectivity index (χ2n) is 4.84. The zero-order valence-corrected chi connectivity index (χ0v) is 16.3. The summed E-state index contributed by atoms with van der Waals surface area (Å²) < 4.78 is 3.64. The van der Waals surface area contributed by atoms with Gasteiger partial charge < -0.3 is 5.32 Å². The molecule has 1 unspecified atom stereocenters. The van der Waals surface area contributed by atoms with E-state index in [0.29, 0.717) is 0 Å². The minimum atomic E-state index is 0.258. The number of hydrogen-bond acceptors (Lipinski definition) is 3. The maximum atomic E-state index is 3.70. The highest BCUT2D eigenvalue weighted by molar-refractivity contribution is 9.13. The first-order valence-corrected chi connectivity index (χ1v) is 10.1. The van der Waals surface area contributed by atoms with Gasteiger partial charge in [0.1, 0.15) is 0 Å². The summed E-state index contributed by atoms with van der Waals surface area (Å²) in [6.07, 6.45) is 1.13. The van der Waals surface area contributed by atoms with Crippen molar-refractivity contribution < 1.29 is 0 Å². The van der Waals surface area contributed by atoms with Gasteiger partial charge in [0.25, 0.3) is 0 Å². The number of benzene rings is 1. The van der Waals surface area contributed by atoms with Crippen LogP contribution in [0.4, 0.5) is 0 Å². The third-order valence-corrected chi connectivity index (χ3v) is 7.67. The Labute approximate surface area is 149 Å². The van der Waals surface area contributed by atoms with Crippen LogP contribution in [0.25, 0.3) is 10.1 Å². The van der Waals surface area contributed by atoms with Crippen LogP contribution in [0.5, 0.6) is 0 Å². The van der Waals surface area contributed by atoms with Gasteiger partial charge in [0.05, 0.1) is 9.83 Å². The quantitative estimate of drug-likeness (QED) is 0.468. The molecule has 1 aromatic carbocycles. The Balaban J connectivity index is 2.06. The van der Waals surface area contributed by atoms with E-state index in [1.807, 2.05) is 11.3 Å².